The zero-order valence-corrected chi connectivity index (χ0v) is 10.9. The third-order valence-electron chi connectivity index (χ3n) is 2.61. The van der Waals surface area contributed by atoms with Gasteiger partial charge in [-0.3, -0.25) is 0 Å². The molecule has 4 heteroatoms. The number of hydrogen-bond donors (Lipinski definition) is 1. The fourth-order valence-corrected chi connectivity index (χ4v) is 2.09. The van der Waals surface area contributed by atoms with E-state index in [0.29, 0.717) is 22.2 Å². The average Bonchev–Trinajstić information content (AvgIpc) is 2.28. The maximum atomic E-state index is 13.2. The van der Waals surface area contributed by atoms with Crippen LogP contribution in [0.25, 0.3) is 0 Å². The first-order chi connectivity index (χ1) is 8.47. The summed E-state index contributed by atoms with van der Waals surface area (Å²) < 4.78 is 18.8. The first kappa shape index (κ1) is 12.7. The molecule has 2 aromatic carbocycles. The number of nitrogen functional groups attached to an aromatic ring is 1. The number of benzene rings is 2. The van der Waals surface area contributed by atoms with Crippen LogP contribution in [0.5, 0.6) is 11.5 Å². The summed E-state index contributed by atoms with van der Waals surface area (Å²) in [7, 11) is 0. The highest BCUT2D eigenvalue weighted by Gasteiger charge is 2.10. The van der Waals surface area contributed by atoms with Crippen molar-refractivity contribution in [2.75, 3.05) is 5.73 Å². The maximum Gasteiger partial charge on any atom is 0.153 e. The van der Waals surface area contributed by atoms with Crippen molar-refractivity contribution in [2.45, 2.75) is 13.8 Å². The van der Waals surface area contributed by atoms with Gasteiger partial charge in [-0.2, -0.15) is 0 Å². The Balaban J connectivity index is 2.43. The van der Waals surface area contributed by atoms with Crippen molar-refractivity contribution in [1.29, 1.82) is 0 Å². The zero-order valence-electron chi connectivity index (χ0n) is 10.1. The van der Waals surface area contributed by atoms with E-state index in [-0.39, 0.29) is 5.82 Å². The van der Waals surface area contributed by atoms with E-state index in [2.05, 4.69) is 0 Å². The van der Waals surface area contributed by atoms with Gasteiger partial charge >= 0.3 is 0 Å². The third-order valence-corrected chi connectivity index (χ3v) is 2.83. The second kappa shape index (κ2) is 4.86. The molecule has 0 aliphatic rings. The van der Waals surface area contributed by atoms with Gasteiger partial charge in [-0.25, -0.2) is 4.39 Å². The highest BCUT2D eigenvalue weighted by molar-refractivity contribution is 6.30. The van der Waals surface area contributed by atoms with Gasteiger partial charge < -0.3 is 10.5 Å². The number of aryl methyl sites for hydroxylation is 2. The minimum Gasteiger partial charge on any atom is -0.455 e. The lowest BCUT2D eigenvalue weighted by Crippen LogP contribution is -1.96. The summed E-state index contributed by atoms with van der Waals surface area (Å²) in [4.78, 5) is 0. The third kappa shape index (κ3) is 2.57. The van der Waals surface area contributed by atoms with Gasteiger partial charge in [0, 0.05) is 11.1 Å². The summed E-state index contributed by atoms with van der Waals surface area (Å²) in [5, 5.41) is 0.643. The zero-order chi connectivity index (χ0) is 13.3. The second-order valence-corrected chi connectivity index (χ2v) is 4.59. The molecule has 94 valence electrons. The van der Waals surface area contributed by atoms with Crippen molar-refractivity contribution in [1.82, 2.24) is 0 Å². The summed E-state index contributed by atoms with van der Waals surface area (Å²) >= 11 is 5.94. The predicted octanol–water partition coefficient (Wildman–Crippen LogP) is 4.47. The molecule has 0 amide bonds. The Bertz CT molecular complexity index is 575. The first-order valence-electron chi connectivity index (χ1n) is 5.47. The minimum atomic E-state index is -0.386. The molecule has 0 spiro atoms. The van der Waals surface area contributed by atoms with Gasteiger partial charge in [0.1, 0.15) is 11.6 Å². The number of hydrogen-bond acceptors (Lipinski definition) is 2. The Morgan fingerprint density at radius 2 is 1.72 bits per heavy atom. The molecule has 0 aromatic heterocycles. The van der Waals surface area contributed by atoms with Crippen LogP contribution in [-0.2, 0) is 0 Å². The van der Waals surface area contributed by atoms with Crippen molar-refractivity contribution in [3.8, 4) is 11.5 Å². The van der Waals surface area contributed by atoms with Gasteiger partial charge in [0.25, 0.3) is 0 Å². The van der Waals surface area contributed by atoms with Crippen molar-refractivity contribution < 1.29 is 9.13 Å². The fraction of sp³-hybridized carbons (Fsp3) is 0.143. The van der Waals surface area contributed by atoms with Gasteiger partial charge in [-0.05, 0) is 49.2 Å². The highest BCUT2D eigenvalue weighted by atomic mass is 35.5. The molecule has 0 atom stereocenters. The van der Waals surface area contributed by atoms with E-state index >= 15 is 0 Å². The van der Waals surface area contributed by atoms with Crippen LogP contribution in [0.3, 0.4) is 0 Å². The van der Waals surface area contributed by atoms with Crippen LogP contribution in [0.1, 0.15) is 11.1 Å². The molecule has 0 saturated carbocycles. The molecular formula is C14H13ClFNO. The van der Waals surface area contributed by atoms with Crippen molar-refractivity contribution in [3.05, 3.63) is 52.3 Å². The van der Waals surface area contributed by atoms with Crippen LogP contribution in [0.4, 0.5) is 10.1 Å². The largest absolute Gasteiger partial charge is 0.455 e. The lowest BCUT2D eigenvalue weighted by atomic mass is 10.1. The summed E-state index contributed by atoms with van der Waals surface area (Å²) in [6, 6.07) is 7.62. The second-order valence-electron chi connectivity index (χ2n) is 4.15. The number of halogens is 2. The van der Waals surface area contributed by atoms with E-state index in [1.54, 1.807) is 12.1 Å². The van der Waals surface area contributed by atoms with E-state index in [1.807, 2.05) is 13.8 Å². The van der Waals surface area contributed by atoms with Crippen LogP contribution in [0, 0.1) is 19.7 Å². The van der Waals surface area contributed by atoms with Gasteiger partial charge in [0.15, 0.2) is 5.75 Å². The van der Waals surface area contributed by atoms with Gasteiger partial charge in [0.2, 0.25) is 0 Å². The van der Waals surface area contributed by atoms with E-state index in [4.69, 9.17) is 22.1 Å². The maximum absolute atomic E-state index is 13.2. The molecule has 0 saturated heterocycles. The molecule has 0 aliphatic carbocycles. The van der Waals surface area contributed by atoms with Crippen LogP contribution < -0.4 is 10.5 Å². The first-order valence-corrected chi connectivity index (χ1v) is 5.85. The van der Waals surface area contributed by atoms with Gasteiger partial charge in [-0.15, -0.1) is 0 Å². The molecule has 2 rings (SSSR count). The van der Waals surface area contributed by atoms with Crippen LogP contribution in [0.2, 0.25) is 5.02 Å². The molecule has 0 heterocycles. The van der Waals surface area contributed by atoms with Crippen LogP contribution >= 0.6 is 11.6 Å². The SMILES string of the molecule is Cc1cc(Cl)cc(C)c1Oc1cc(F)ccc1N. The summed E-state index contributed by atoms with van der Waals surface area (Å²) in [6.07, 6.45) is 0. The number of nitrogens with two attached hydrogens (primary N) is 1. The molecule has 0 fully saturated rings. The fourth-order valence-electron chi connectivity index (χ4n) is 1.76. The molecule has 18 heavy (non-hydrogen) atoms. The Kier molecular flexibility index (Phi) is 3.43. The topological polar surface area (TPSA) is 35.2 Å². The molecule has 2 N–H and O–H groups in total. The van der Waals surface area contributed by atoms with Crippen LogP contribution in [0.15, 0.2) is 30.3 Å². The molecule has 2 nitrogen and oxygen atoms in total. The Morgan fingerprint density at radius 1 is 1.11 bits per heavy atom. The smallest absolute Gasteiger partial charge is 0.153 e. The lowest BCUT2D eigenvalue weighted by molar-refractivity contribution is 0.472. The average molecular weight is 266 g/mol. The Labute approximate surface area is 110 Å². The van der Waals surface area contributed by atoms with Gasteiger partial charge in [-0.1, -0.05) is 11.6 Å². The molecule has 0 aliphatic heterocycles. The number of ether oxygens (including phenoxy) is 1. The summed E-state index contributed by atoms with van der Waals surface area (Å²) in [5.41, 5.74) is 7.90. The number of anilines is 1. The van der Waals surface area contributed by atoms with Crippen molar-refractivity contribution in [3.63, 3.8) is 0 Å². The van der Waals surface area contributed by atoms with Crippen molar-refractivity contribution in [2.24, 2.45) is 0 Å². The quantitative estimate of drug-likeness (QED) is 0.813. The monoisotopic (exact) mass is 265 g/mol. The Morgan fingerprint density at radius 3 is 2.33 bits per heavy atom. The Hall–Kier alpha value is -1.74. The summed E-state index contributed by atoms with van der Waals surface area (Å²) in [6.45, 7) is 3.76. The highest BCUT2D eigenvalue weighted by Crippen LogP contribution is 2.34. The van der Waals surface area contributed by atoms with Gasteiger partial charge in [0.05, 0.1) is 5.69 Å². The van der Waals surface area contributed by atoms with E-state index in [0.717, 1.165) is 11.1 Å². The normalized spacial score (nSPS) is 10.4. The lowest BCUT2D eigenvalue weighted by Gasteiger charge is -2.13. The molecule has 2 aromatic rings. The number of rotatable bonds is 2. The molecule has 0 unspecified atom stereocenters. The van der Waals surface area contributed by atoms with Crippen LogP contribution in [-0.4, -0.2) is 0 Å². The van der Waals surface area contributed by atoms with E-state index in [1.165, 1.54) is 18.2 Å². The standard InChI is InChI=1S/C14H13ClFNO/c1-8-5-10(15)6-9(2)14(8)18-13-7-11(16)3-4-12(13)17/h3-7H,17H2,1-2H3. The van der Waals surface area contributed by atoms with E-state index < -0.39 is 0 Å². The summed E-state index contributed by atoms with van der Waals surface area (Å²) in [5.74, 6) is 0.573. The molecule has 0 bridgehead atoms. The van der Waals surface area contributed by atoms with E-state index in [9.17, 15) is 4.39 Å². The minimum absolute atomic E-state index is 0.309. The molecule has 0 radical (unpaired) electrons. The predicted molar refractivity (Wildman–Crippen MR) is 71.8 cm³/mol. The van der Waals surface area contributed by atoms with Crippen molar-refractivity contribution >= 4 is 17.3 Å². The molecular weight excluding hydrogens is 253 g/mol.